The molecule has 0 saturated carbocycles. The van der Waals surface area contributed by atoms with Gasteiger partial charge in [-0.1, -0.05) is 0 Å². The van der Waals surface area contributed by atoms with Crippen LogP contribution in [0.2, 0.25) is 0 Å². The molecule has 0 unspecified atom stereocenters. The van der Waals surface area contributed by atoms with Crippen molar-refractivity contribution in [2.45, 2.75) is 46.3 Å². The molecule has 3 heterocycles. The number of nitrogens with zero attached hydrogens (tertiary/aromatic N) is 2. The molecule has 2 aliphatic heterocycles. The Hall–Kier alpha value is -2.14. The van der Waals surface area contributed by atoms with Crippen LogP contribution in [0.15, 0.2) is 12.1 Å². The maximum absolute atomic E-state index is 12.8. The Morgan fingerprint density at radius 3 is 2.44 bits per heavy atom. The van der Waals surface area contributed by atoms with Crippen molar-refractivity contribution in [3.05, 3.63) is 21.9 Å². The number of fused-ring (bicyclic) bond motifs is 1. The van der Waals surface area contributed by atoms with Crippen molar-refractivity contribution in [3.8, 4) is 0 Å². The summed E-state index contributed by atoms with van der Waals surface area (Å²) >= 11 is 1.83. The molecule has 2 atom stereocenters. The van der Waals surface area contributed by atoms with E-state index < -0.39 is 17.6 Å². The minimum atomic E-state index is -5.08. The fraction of sp³-hybridized carbons (Fsp3) is 0.667. The first-order valence-electron chi connectivity index (χ1n) is 10.4. The number of alkyl halides is 3. The van der Waals surface area contributed by atoms with Crippen molar-refractivity contribution in [3.63, 3.8) is 0 Å². The molecule has 1 N–H and O–H groups in total. The molecule has 180 valence electrons. The predicted octanol–water partition coefficient (Wildman–Crippen LogP) is 3.31. The number of aryl methyl sites for hydroxylation is 1. The first-order valence-corrected chi connectivity index (χ1v) is 11.2. The van der Waals surface area contributed by atoms with Gasteiger partial charge >= 0.3 is 18.1 Å². The Morgan fingerprint density at radius 2 is 1.94 bits per heavy atom. The average Bonchev–Trinajstić information content (AvgIpc) is 3.21. The highest BCUT2D eigenvalue weighted by atomic mass is 32.1. The smallest absolute Gasteiger partial charge is 0.475 e. The summed E-state index contributed by atoms with van der Waals surface area (Å²) in [6.45, 7) is 9.91. The molecule has 3 rings (SSSR count). The number of hydrogen-bond acceptors (Lipinski definition) is 6. The predicted molar refractivity (Wildman–Crippen MR) is 112 cm³/mol. The van der Waals surface area contributed by atoms with Crippen LogP contribution in [0.4, 0.5) is 13.2 Å². The van der Waals surface area contributed by atoms with E-state index in [-0.39, 0.29) is 17.8 Å². The first-order chi connectivity index (χ1) is 14.9. The summed E-state index contributed by atoms with van der Waals surface area (Å²) in [5, 5.41) is 7.12. The third-order valence-corrected chi connectivity index (χ3v) is 6.80. The molecule has 2 fully saturated rings. The topological polar surface area (TPSA) is 87.2 Å². The van der Waals surface area contributed by atoms with E-state index in [1.165, 1.54) is 9.75 Å². The number of amides is 1. The van der Waals surface area contributed by atoms with E-state index in [2.05, 4.69) is 24.0 Å². The lowest BCUT2D eigenvalue weighted by Gasteiger charge is -2.31. The van der Waals surface area contributed by atoms with Gasteiger partial charge in [0.15, 0.2) is 0 Å². The Morgan fingerprint density at radius 1 is 1.28 bits per heavy atom. The molecule has 1 aromatic rings. The molecular weight excluding hydrogens is 449 g/mol. The van der Waals surface area contributed by atoms with Gasteiger partial charge in [-0.25, -0.2) is 4.79 Å². The van der Waals surface area contributed by atoms with Crippen LogP contribution in [0.1, 0.15) is 36.4 Å². The third kappa shape index (κ3) is 6.44. The van der Waals surface area contributed by atoms with Crippen LogP contribution in [0.25, 0.3) is 0 Å². The van der Waals surface area contributed by atoms with Gasteiger partial charge < -0.3 is 14.7 Å². The van der Waals surface area contributed by atoms with Crippen molar-refractivity contribution in [2.75, 3.05) is 32.8 Å². The average molecular weight is 479 g/mol. The standard InChI is InChI=1S/C19H28N2O3S.C2HF3O2/c1-4-24-18(23)19-8-5-9-20(12-17-7-6-14(2)25-17)10-16(19)11-21(13-19)15(3)22;3-2(4,5)1(6)7/h6-7,16H,4-5,8-13H2,1-3H3;(H,6,7)/t16-,19-;/m0./s1. The van der Waals surface area contributed by atoms with E-state index in [9.17, 15) is 22.8 Å². The minimum absolute atomic E-state index is 0.0529. The molecule has 0 spiro atoms. The fourth-order valence-electron chi connectivity index (χ4n) is 4.29. The quantitative estimate of drug-likeness (QED) is 0.669. The third-order valence-electron chi connectivity index (χ3n) is 5.82. The number of carbonyl (C=O) groups excluding carboxylic acids is 2. The van der Waals surface area contributed by atoms with Crippen molar-refractivity contribution in [1.29, 1.82) is 0 Å². The summed E-state index contributed by atoms with van der Waals surface area (Å²) in [6.07, 6.45) is -3.31. The second-order valence-electron chi connectivity index (χ2n) is 8.13. The van der Waals surface area contributed by atoms with Gasteiger partial charge in [-0.05, 0) is 45.4 Å². The highest BCUT2D eigenvalue weighted by molar-refractivity contribution is 7.11. The summed E-state index contributed by atoms with van der Waals surface area (Å²) in [5.74, 6) is -2.67. The van der Waals surface area contributed by atoms with Crippen molar-refractivity contribution >= 4 is 29.2 Å². The lowest BCUT2D eigenvalue weighted by molar-refractivity contribution is -0.192. The molecule has 11 heteroatoms. The second-order valence-corrected chi connectivity index (χ2v) is 9.50. The molecule has 1 aromatic heterocycles. The molecule has 2 aliphatic rings. The number of esters is 1. The number of halogens is 3. The van der Waals surface area contributed by atoms with Gasteiger partial charge in [0.05, 0.1) is 12.0 Å². The summed E-state index contributed by atoms with van der Waals surface area (Å²) < 4.78 is 37.2. The highest BCUT2D eigenvalue weighted by Crippen LogP contribution is 2.44. The zero-order chi connectivity index (χ0) is 24.1. The maximum Gasteiger partial charge on any atom is 0.490 e. The van der Waals surface area contributed by atoms with E-state index in [0.29, 0.717) is 19.7 Å². The Balaban J connectivity index is 0.000000451. The normalized spacial score (nSPS) is 23.6. The minimum Gasteiger partial charge on any atom is -0.475 e. The molecule has 2 saturated heterocycles. The number of thiophene rings is 1. The molecule has 0 bridgehead atoms. The fourth-order valence-corrected chi connectivity index (χ4v) is 5.23. The molecule has 7 nitrogen and oxygen atoms in total. The number of carboxylic acid groups (broad SMARTS) is 1. The van der Waals surface area contributed by atoms with E-state index in [1.54, 1.807) is 6.92 Å². The summed E-state index contributed by atoms with van der Waals surface area (Å²) in [6, 6.07) is 4.35. The molecular formula is C21H29F3N2O5S. The molecule has 0 aliphatic carbocycles. The van der Waals surface area contributed by atoms with Crippen LogP contribution < -0.4 is 0 Å². The summed E-state index contributed by atoms with van der Waals surface area (Å²) in [7, 11) is 0. The van der Waals surface area contributed by atoms with E-state index in [0.717, 1.165) is 32.5 Å². The maximum atomic E-state index is 12.8. The number of aliphatic carboxylic acids is 1. The highest BCUT2D eigenvalue weighted by Gasteiger charge is 2.54. The van der Waals surface area contributed by atoms with Crippen LogP contribution >= 0.6 is 11.3 Å². The zero-order valence-corrected chi connectivity index (χ0v) is 19.2. The Bertz CT molecular complexity index is 829. The number of likely N-dealkylation sites (tertiary alicyclic amines) is 2. The van der Waals surface area contributed by atoms with Gasteiger partial charge in [0, 0.05) is 48.8 Å². The number of rotatable bonds is 4. The van der Waals surface area contributed by atoms with E-state index in [1.807, 2.05) is 23.2 Å². The van der Waals surface area contributed by atoms with Crippen molar-refractivity contribution in [1.82, 2.24) is 9.80 Å². The van der Waals surface area contributed by atoms with Crippen LogP contribution in [0.5, 0.6) is 0 Å². The number of ether oxygens (including phenoxy) is 1. The van der Waals surface area contributed by atoms with Crippen molar-refractivity contribution < 1.29 is 37.4 Å². The van der Waals surface area contributed by atoms with Gasteiger partial charge in [0.25, 0.3) is 0 Å². The van der Waals surface area contributed by atoms with Gasteiger partial charge in [-0.2, -0.15) is 13.2 Å². The van der Waals surface area contributed by atoms with E-state index >= 15 is 0 Å². The number of carboxylic acids is 1. The summed E-state index contributed by atoms with van der Waals surface area (Å²) in [4.78, 5) is 40.6. The van der Waals surface area contributed by atoms with Crippen LogP contribution in [0.3, 0.4) is 0 Å². The first kappa shape index (κ1) is 26.1. The lowest BCUT2D eigenvalue weighted by Crippen LogP contribution is -2.42. The molecule has 0 radical (unpaired) electrons. The van der Waals surface area contributed by atoms with Crippen LogP contribution in [0, 0.1) is 18.3 Å². The molecule has 32 heavy (non-hydrogen) atoms. The summed E-state index contributed by atoms with van der Waals surface area (Å²) in [5.41, 5.74) is -0.526. The number of hydrogen-bond donors (Lipinski definition) is 1. The largest absolute Gasteiger partial charge is 0.490 e. The van der Waals surface area contributed by atoms with Crippen LogP contribution in [-0.2, 0) is 25.7 Å². The number of carbonyl (C=O) groups is 3. The SMILES string of the molecule is CCOC(=O)[C@]12CCCN(Cc3ccc(C)s3)C[C@H]1CN(C(C)=O)C2.O=C(O)C(F)(F)F. The zero-order valence-electron chi connectivity index (χ0n) is 18.4. The molecule has 1 amide bonds. The van der Waals surface area contributed by atoms with Gasteiger partial charge in [-0.3, -0.25) is 14.5 Å². The lowest BCUT2D eigenvalue weighted by atomic mass is 9.75. The second kappa shape index (κ2) is 10.7. The Labute approximate surface area is 189 Å². The monoisotopic (exact) mass is 478 g/mol. The van der Waals surface area contributed by atoms with Gasteiger partial charge in [0.2, 0.25) is 5.91 Å². The van der Waals surface area contributed by atoms with Gasteiger partial charge in [-0.15, -0.1) is 11.3 Å². The Kier molecular flexibility index (Phi) is 8.69. The van der Waals surface area contributed by atoms with Gasteiger partial charge in [0.1, 0.15) is 0 Å². The van der Waals surface area contributed by atoms with Crippen LogP contribution in [-0.4, -0.2) is 71.7 Å². The van der Waals surface area contributed by atoms with E-state index in [4.69, 9.17) is 14.6 Å². The van der Waals surface area contributed by atoms with Crippen molar-refractivity contribution in [2.24, 2.45) is 11.3 Å². The molecule has 0 aromatic carbocycles.